The van der Waals surface area contributed by atoms with Crippen LogP contribution < -0.4 is 5.73 Å². The highest BCUT2D eigenvalue weighted by molar-refractivity contribution is 6.31. The summed E-state index contributed by atoms with van der Waals surface area (Å²) in [6.45, 7) is 19.6. The van der Waals surface area contributed by atoms with Crippen molar-refractivity contribution in [3.8, 4) is 0 Å². The van der Waals surface area contributed by atoms with E-state index in [2.05, 4.69) is 49.6 Å². The third kappa shape index (κ3) is 9.47. The fraction of sp³-hybridized carbons (Fsp3) is 0.649. The number of aryl methyl sites for hydroxylation is 1. The van der Waals surface area contributed by atoms with Gasteiger partial charge in [-0.25, -0.2) is 18.2 Å². The van der Waals surface area contributed by atoms with Crippen LogP contribution in [0.1, 0.15) is 111 Å². The Hall–Kier alpha value is -2.89. The molecule has 0 radical (unpaired) electrons. The van der Waals surface area contributed by atoms with Crippen LogP contribution in [0.2, 0.25) is 0 Å². The number of aromatic nitrogens is 3. The first-order valence-electron chi connectivity index (χ1n) is 17.5. The van der Waals surface area contributed by atoms with E-state index in [1.165, 1.54) is 6.07 Å². The van der Waals surface area contributed by atoms with Gasteiger partial charge < -0.3 is 15.4 Å². The second-order valence-corrected chi connectivity index (χ2v) is 15.0. The van der Waals surface area contributed by atoms with Crippen molar-refractivity contribution in [1.82, 2.24) is 24.6 Å². The number of nitrogens with two attached hydrogens (primary N) is 1. The van der Waals surface area contributed by atoms with Gasteiger partial charge in [-0.15, -0.1) is 0 Å². The Bertz CT molecular complexity index is 1480. The number of halogens is 4. The zero-order chi connectivity index (χ0) is 36.7. The highest BCUT2D eigenvalue weighted by Gasteiger charge is 2.51. The lowest BCUT2D eigenvalue weighted by molar-refractivity contribution is -0.126. The molecular formula is C37H56ClF3N6O2. The first-order chi connectivity index (χ1) is 23.0. The molecule has 1 amide bonds. The van der Waals surface area contributed by atoms with E-state index in [4.69, 9.17) is 22.1 Å². The van der Waals surface area contributed by atoms with E-state index in [0.29, 0.717) is 42.3 Å². The van der Waals surface area contributed by atoms with Crippen LogP contribution in [0.15, 0.2) is 40.8 Å². The van der Waals surface area contributed by atoms with Crippen LogP contribution in [-0.2, 0) is 22.0 Å². The van der Waals surface area contributed by atoms with Crippen molar-refractivity contribution in [3.05, 3.63) is 69.7 Å². The Kier molecular flexibility index (Phi) is 14.0. The van der Waals surface area contributed by atoms with E-state index < -0.39 is 22.9 Å². The summed E-state index contributed by atoms with van der Waals surface area (Å²) >= 11 is 6.49. The lowest BCUT2D eigenvalue weighted by Crippen LogP contribution is -2.46. The monoisotopic (exact) mass is 708 g/mol. The van der Waals surface area contributed by atoms with E-state index >= 15 is 0 Å². The minimum atomic E-state index is -1.36. The molecule has 2 N–H and O–H groups in total. The molecule has 2 unspecified atom stereocenters. The summed E-state index contributed by atoms with van der Waals surface area (Å²) in [6.07, 6.45) is 9.10. The second kappa shape index (κ2) is 16.9. The molecule has 0 aliphatic carbocycles. The Balaban J connectivity index is 0.000000270. The summed E-state index contributed by atoms with van der Waals surface area (Å²) in [6, 6.07) is 2.40. The molecule has 3 saturated heterocycles. The molecule has 2 aromatic rings. The predicted octanol–water partition coefficient (Wildman–Crippen LogP) is 7.73. The Morgan fingerprint density at radius 3 is 2.31 bits per heavy atom. The molecular weight excluding hydrogens is 653 g/mol. The van der Waals surface area contributed by atoms with Gasteiger partial charge in [0.2, 0.25) is 6.41 Å². The number of ether oxygens (including phenoxy) is 1. The van der Waals surface area contributed by atoms with E-state index in [9.17, 15) is 18.0 Å². The molecule has 0 bridgehead atoms. The lowest BCUT2D eigenvalue weighted by atomic mass is 9.80. The maximum atomic E-state index is 13.8. The van der Waals surface area contributed by atoms with Gasteiger partial charge in [-0.3, -0.25) is 14.4 Å². The zero-order valence-electron chi connectivity index (χ0n) is 30.8. The molecule has 1 aromatic carbocycles. The van der Waals surface area contributed by atoms with Crippen molar-refractivity contribution in [2.24, 2.45) is 12.8 Å². The summed E-state index contributed by atoms with van der Waals surface area (Å²) in [5.74, 6) is -2.71. The van der Waals surface area contributed by atoms with Gasteiger partial charge in [-0.05, 0) is 102 Å². The minimum absolute atomic E-state index is 0.00766. The fourth-order valence-electron chi connectivity index (χ4n) is 7.02. The average molecular weight is 709 g/mol. The normalized spacial score (nSPS) is 22.6. The average Bonchev–Trinajstić information content (AvgIpc) is 3.68. The highest BCUT2D eigenvalue weighted by atomic mass is 35.5. The van der Waals surface area contributed by atoms with E-state index in [1.54, 1.807) is 15.9 Å². The van der Waals surface area contributed by atoms with Crippen molar-refractivity contribution in [3.63, 3.8) is 0 Å². The summed E-state index contributed by atoms with van der Waals surface area (Å²) in [5, 5.41) is 4.81. The topological polar surface area (TPSA) is 89.5 Å². The highest BCUT2D eigenvalue weighted by Crippen LogP contribution is 2.48. The van der Waals surface area contributed by atoms with Gasteiger partial charge in [-0.1, -0.05) is 38.4 Å². The minimum Gasteiger partial charge on any atom is -0.401 e. The number of allylic oxidation sites excluding steroid dienone is 3. The summed E-state index contributed by atoms with van der Waals surface area (Å²) in [7, 11) is 1.89. The summed E-state index contributed by atoms with van der Waals surface area (Å²) in [5.41, 5.74) is 7.47. The largest absolute Gasteiger partial charge is 0.401 e. The fourth-order valence-corrected chi connectivity index (χ4v) is 7.29. The molecule has 49 heavy (non-hydrogen) atoms. The number of hydrogen-bond acceptors (Lipinski definition) is 6. The van der Waals surface area contributed by atoms with Crippen LogP contribution in [-0.4, -0.2) is 74.4 Å². The smallest absolute Gasteiger partial charge is 0.209 e. The number of nitrogens with zero attached hydrogens (tertiary/aromatic N) is 5. The van der Waals surface area contributed by atoms with Crippen molar-refractivity contribution in [2.45, 2.75) is 122 Å². The van der Waals surface area contributed by atoms with Gasteiger partial charge in [0.05, 0.1) is 22.2 Å². The van der Waals surface area contributed by atoms with Crippen molar-refractivity contribution in [2.75, 3.05) is 26.2 Å². The van der Waals surface area contributed by atoms with Crippen LogP contribution in [0.3, 0.4) is 0 Å². The molecule has 3 aliphatic rings. The Labute approximate surface area is 295 Å². The molecule has 5 rings (SSSR count). The number of amides is 1. The van der Waals surface area contributed by atoms with Gasteiger partial charge >= 0.3 is 0 Å². The second-order valence-electron chi connectivity index (χ2n) is 14.6. The number of hydrogen-bond donors (Lipinski definition) is 1. The summed E-state index contributed by atoms with van der Waals surface area (Å²) < 4.78 is 48.6. The van der Waals surface area contributed by atoms with Crippen molar-refractivity contribution < 1.29 is 22.7 Å². The number of benzene rings is 1. The quantitative estimate of drug-likeness (QED) is 0.244. The number of piperidine rings is 2. The van der Waals surface area contributed by atoms with Crippen LogP contribution in [0, 0.1) is 17.5 Å². The molecule has 3 fully saturated rings. The van der Waals surface area contributed by atoms with Crippen LogP contribution in [0.5, 0.6) is 0 Å². The molecule has 8 nitrogen and oxygen atoms in total. The molecule has 274 valence electrons. The molecule has 1 spiro atoms. The van der Waals surface area contributed by atoms with Crippen LogP contribution in [0.25, 0.3) is 0 Å². The third-order valence-electron chi connectivity index (χ3n) is 9.91. The maximum Gasteiger partial charge on any atom is 0.209 e. The van der Waals surface area contributed by atoms with E-state index in [0.717, 1.165) is 62.5 Å². The van der Waals surface area contributed by atoms with Crippen LogP contribution >= 0.6 is 11.6 Å². The maximum absolute atomic E-state index is 13.8. The standard InChI is InChI=1S/C20H30ClN5O2.C15H20F3N.C2H6/c1-5-16(22)15(21)10-14-11-20(6-8-26(13-27)9-7-20)28-17(14)19(2,3)18-23-12-24-25(18)4;1-15(2,3)19-8-4-5-10(9-19)11-6-7-12(16)14(18)13(11)17;1-2/h10,12-13,17H,5-9,11,22H2,1-4H3;6-7,10H,4-5,8-9H2,1-3H3;1-2H3/b14-10+,16-15+;;. The predicted molar refractivity (Wildman–Crippen MR) is 190 cm³/mol. The molecule has 1 aromatic heterocycles. The first-order valence-corrected chi connectivity index (χ1v) is 17.9. The number of rotatable bonds is 6. The number of likely N-dealkylation sites (tertiary alicyclic amines) is 2. The molecule has 2 atom stereocenters. The van der Waals surface area contributed by atoms with Gasteiger partial charge in [-0.2, -0.15) is 5.10 Å². The van der Waals surface area contributed by atoms with Gasteiger partial charge in [0.1, 0.15) is 12.2 Å². The van der Waals surface area contributed by atoms with Crippen molar-refractivity contribution in [1.29, 1.82) is 0 Å². The molecule has 3 aliphatic heterocycles. The molecule has 4 heterocycles. The third-order valence-corrected chi connectivity index (χ3v) is 10.3. The van der Waals surface area contributed by atoms with E-state index in [1.807, 2.05) is 33.9 Å². The van der Waals surface area contributed by atoms with Crippen LogP contribution in [0.4, 0.5) is 13.2 Å². The number of carbonyl (C=O) groups is 1. The molecule has 0 saturated carbocycles. The lowest BCUT2D eigenvalue weighted by Gasteiger charge is -2.41. The van der Waals surface area contributed by atoms with Crippen molar-refractivity contribution >= 4 is 18.0 Å². The summed E-state index contributed by atoms with van der Waals surface area (Å²) in [4.78, 5) is 19.7. The van der Waals surface area contributed by atoms with Gasteiger partial charge in [0, 0.05) is 44.3 Å². The van der Waals surface area contributed by atoms with Gasteiger partial charge in [0.25, 0.3) is 0 Å². The van der Waals surface area contributed by atoms with Gasteiger partial charge in [0.15, 0.2) is 17.5 Å². The Morgan fingerprint density at radius 2 is 1.76 bits per heavy atom. The molecule has 12 heteroatoms. The zero-order valence-corrected chi connectivity index (χ0v) is 31.5. The SMILES string of the molecule is CC.CC(C)(C)N1CCCC(c2ccc(F)c(F)c2F)C1.CC/C(N)=C(Cl)/C=C1\CC2(CCN(C=O)CC2)OC1C(C)(C)c1ncnn1C. The number of carbonyl (C=O) groups excluding carboxylic acids is 1. The Morgan fingerprint density at radius 1 is 1.10 bits per heavy atom. The van der Waals surface area contributed by atoms with E-state index in [-0.39, 0.29) is 23.2 Å². The first kappa shape index (κ1) is 40.5.